The summed E-state index contributed by atoms with van der Waals surface area (Å²) in [6.07, 6.45) is 5.11. The molecule has 6 nitrogen and oxygen atoms in total. The minimum absolute atomic E-state index is 0.138. The molecule has 3 heterocycles. The second kappa shape index (κ2) is 10.7. The summed E-state index contributed by atoms with van der Waals surface area (Å²) >= 11 is 0. The van der Waals surface area contributed by atoms with Crippen molar-refractivity contribution < 1.29 is 9.59 Å². The molecule has 2 aromatic rings. The van der Waals surface area contributed by atoms with Gasteiger partial charge in [-0.2, -0.15) is 0 Å². The molecule has 2 saturated heterocycles. The van der Waals surface area contributed by atoms with Gasteiger partial charge in [-0.15, -0.1) is 0 Å². The molecular formula is C28H38N4O2. The van der Waals surface area contributed by atoms with Gasteiger partial charge in [-0.1, -0.05) is 50.2 Å². The predicted molar refractivity (Wildman–Crippen MR) is 134 cm³/mol. The van der Waals surface area contributed by atoms with Gasteiger partial charge in [0.15, 0.2) is 0 Å². The third-order valence-electron chi connectivity index (χ3n) is 7.29. The van der Waals surface area contributed by atoms with E-state index in [0.29, 0.717) is 38.0 Å². The Morgan fingerprint density at radius 2 is 1.82 bits per heavy atom. The number of carbonyl (C=O) groups excluding carboxylic acids is 2. The first-order chi connectivity index (χ1) is 16.4. The molecule has 0 bridgehead atoms. The monoisotopic (exact) mass is 462 g/mol. The van der Waals surface area contributed by atoms with Crippen LogP contribution in [0, 0.1) is 11.3 Å². The van der Waals surface area contributed by atoms with Gasteiger partial charge in [0.25, 0.3) is 0 Å². The largest absolute Gasteiger partial charge is 0.342 e. The van der Waals surface area contributed by atoms with E-state index in [0.717, 1.165) is 37.9 Å². The van der Waals surface area contributed by atoms with Crippen LogP contribution in [0.25, 0.3) is 0 Å². The van der Waals surface area contributed by atoms with Gasteiger partial charge in [-0.3, -0.25) is 19.5 Å². The van der Waals surface area contributed by atoms with E-state index in [-0.39, 0.29) is 17.4 Å². The SMILES string of the molecule is CC(C)CN1C(=O)C2(CCN(C(=O)CN(C)Cc3ccccn3)CC2)CC1Cc1ccccc1. The highest BCUT2D eigenvalue weighted by atomic mass is 16.2. The number of rotatable bonds is 8. The van der Waals surface area contributed by atoms with Gasteiger partial charge >= 0.3 is 0 Å². The lowest BCUT2D eigenvalue weighted by molar-refractivity contribution is -0.143. The van der Waals surface area contributed by atoms with Crippen LogP contribution in [0.4, 0.5) is 0 Å². The summed E-state index contributed by atoms with van der Waals surface area (Å²) in [4.78, 5) is 37.1. The standard InChI is InChI=1S/C28H38N4O2/c1-22(2)19-32-25(17-23-9-5-4-6-10-23)18-28(27(32)34)12-15-31(16-13-28)26(33)21-30(3)20-24-11-7-8-14-29-24/h4-11,14,22,25H,12-13,15-21H2,1-3H3. The number of carbonyl (C=O) groups is 2. The number of hydrogen-bond acceptors (Lipinski definition) is 4. The van der Waals surface area contributed by atoms with E-state index in [1.807, 2.05) is 41.1 Å². The summed E-state index contributed by atoms with van der Waals surface area (Å²) < 4.78 is 0. The molecule has 1 spiro atoms. The lowest BCUT2D eigenvalue weighted by atomic mass is 9.75. The van der Waals surface area contributed by atoms with E-state index in [1.165, 1.54) is 5.56 Å². The Hall–Kier alpha value is -2.73. The van der Waals surface area contributed by atoms with Crippen molar-refractivity contribution in [2.45, 2.75) is 52.1 Å². The van der Waals surface area contributed by atoms with Gasteiger partial charge < -0.3 is 9.80 Å². The molecule has 4 rings (SSSR count). The molecule has 0 N–H and O–H groups in total. The second-order valence-corrected chi connectivity index (χ2v) is 10.6. The molecule has 1 unspecified atom stereocenters. The minimum atomic E-state index is -0.315. The van der Waals surface area contributed by atoms with E-state index in [1.54, 1.807) is 6.20 Å². The molecule has 182 valence electrons. The van der Waals surface area contributed by atoms with Crippen LogP contribution >= 0.6 is 0 Å². The number of nitrogens with zero attached hydrogens (tertiary/aromatic N) is 4. The highest BCUT2D eigenvalue weighted by Gasteiger charge is 2.52. The second-order valence-electron chi connectivity index (χ2n) is 10.6. The van der Waals surface area contributed by atoms with Crippen LogP contribution < -0.4 is 0 Å². The molecule has 0 aliphatic carbocycles. The van der Waals surface area contributed by atoms with Gasteiger partial charge in [-0.25, -0.2) is 0 Å². The lowest BCUT2D eigenvalue weighted by Gasteiger charge is -2.38. The predicted octanol–water partition coefficient (Wildman–Crippen LogP) is 3.62. The number of likely N-dealkylation sites (tertiary alicyclic amines) is 2. The lowest BCUT2D eigenvalue weighted by Crippen LogP contribution is -2.49. The zero-order valence-corrected chi connectivity index (χ0v) is 20.8. The van der Waals surface area contributed by atoms with Gasteiger partial charge in [0.05, 0.1) is 17.7 Å². The Labute approximate surface area is 204 Å². The third kappa shape index (κ3) is 5.66. The highest BCUT2D eigenvalue weighted by molar-refractivity contribution is 5.86. The van der Waals surface area contributed by atoms with Crippen LogP contribution in [0.1, 0.15) is 44.4 Å². The summed E-state index contributed by atoms with van der Waals surface area (Å²) in [5.74, 6) is 0.883. The van der Waals surface area contributed by atoms with Crippen LogP contribution in [0.15, 0.2) is 54.7 Å². The number of hydrogen-bond donors (Lipinski definition) is 0. The molecule has 2 aliphatic rings. The fourth-order valence-corrected chi connectivity index (χ4v) is 5.57. The highest BCUT2D eigenvalue weighted by Crippen LogP contribution is 2.45. The van der Waals surface area contributed by atoms with Gasteiger partial charge in [0.1, 0.15) is 0 Å². The van der Waals surface area contributed by atoms with Crippen LogP contribution in [0.2, 0.25) is 0 Å². The number of aromatic nitrogens is 1. The molecule has 0 saturated carbocycles. The average molecular weight is 463 g/mol. The van der Waals surface area contributed by atoms with Crippen molar-refractivity contribution in [3.05, 3.63) is 66.0 Å². The smallest absolute Gasteiger partial charge is 0.236 e. The van der Waals surface area contributed by atoms with E-state index in [2.05, 4.69) is 48.0 Å². The van der Waals surface area contributed by atoms with Crippen molar-refractivity contribution in [2.24, 2.45) is 11.3 Å². The summed E-state index contributed by atoms with van der Waals surface area (Å²) in [6.45, 7) is 7.51. The summed E-state index contributed by atoms with van der Waals surface area (Å²) in [5, 5.41) is 0. The molecule has 34 heavy (non-hydrogen) atoms. The van der Waals surface area contributed by atoms with Crippen molar-refractivity contribution in [1.82, 2.24) is 19.7 Å². The van der Waals surface area contributed by atoms with Crippen LogP contribution in [-0.2, 0) is 22.6 Å². The average Bonchev–Trinajstić information content (AvgIpc) is 3.05. The van der Waals surface area contributed by atoms with Crippen molar-refractivity contribution in [3.63, 3.8) is 0 Å². The molecule has 2 fully saturated rings. The zero-order chi connectivity index (χ0) is 24.1. The Bertz CT molecular complexity index is 955. The maximum atomic E-state index is 13.7. The van der Waals surface area contributed by atoms with Gasteiger partial charge in [0, 0.05) is 38.4 Å². The van der Waals surface area contributed by atoms with Crippen LogP contribution in [0.5, 0.6) is 0 Å². The zero-order valence-electron chi connectivity index (χ0n) is 20.8. The summed E-state index contributed by atoms with van der Waals surface area (Å²) in [7, 11) is 1.95. The Kier molecular flexibility index (Phi) is 7.67. The van der Waals surface area contributed by atoms with Crippen molar-refractivity contribution in [1.29, 1.82) is 0 Å². The van der Waals surface area contributed by atoms with Crippen LogP contribution in [-0.4, -0.2) is 70.8 Å². The van der Waals surface area contributed by atoms with Gasteiger partial charge in [0.2, 0.25) is 11.8 Å². The first kappa shape index (κ1) is 24.4. The first-order valence-electron chi connectivity index (χ1n) is 12.6. The molecule has 2 aliphatic heterocycles. The fraction of sp³-hybridized carbons (Fsp3) is 0.536. The van der Waals surface area contributed by atoms with E-state index >= 15 is 0 Å². The minimum Gasteiger partial charge on any atom is -0.342 e. The van der Waals surface area contributed by atoms with E-state index < -0.39 is 0 Å². The molecule has 6 heteroatoms. The quantitative estimate of drug-likeness (QED) is 0.601. The normalized spacial score (nSPS) is 20.0. The Morgan fingerprint density at radius 3 is 2.47 bits per heavy atom. The number of pyridine rings is 1. The van der Waals surface area contributed by atoms with Crippen LogP contribution in [0.3, 0.4) is 0 Å². The van der Waals surface area contributed by atoms with E-state index in [9.17, 15) is 9.59 Å². The summed E-state index contributed by atoms with van der Waals surface area (Å²) in [6, 6.07) is 16.6. The third-order valence-corrected chi connectivity index (χ3v) is 7.29. The maximum Gasteiger partial charge on any atom is 0.236 e. The summed E-state index contributed by atoms with van der Waals surface area (Å²) in [5.41, 5.74) is 1.93. The molecule has 0 radical (unpaired) electrons. The maximum absolute atomic E-state index is 13.7. The Morgan fingerprint density at radius 1 is 1.12 bits per heavy atom. The topological polar surface area (TPSA) is 56.8 Å². The number of benzene rings is 1. The number of piperidine rings is 1. The molecule has 1 aromatic carbocycles. The molecule has 1 atom stereocenters. The van der Waals surface area contributed by atoms with Gasteiger partial charge in [-0.05, 0) is 56.3 Å². The number of likely N-dealkylation sites (N-methyl/N-ethyl adjacent to an activating group) is 1. The van der Waals surface area contributed by atoms with Crippen molar-refractivity contribution in [2.75, 3.05) is 33.2 Å². The molecule has 1 aromatic heterocycles. The Balaban J connectivity index is 1.36. The molecule has 2 amide bonds. The van der Waals surface area contributed by atoms with Crippen molar-refractivity contribution in [3.8, 4) is 0 Å². The van der Waals surface area contributed by atoms with Crippen molar-refractivity contribution >= 4 is 11.8 Å². The fourth-order valence-electron chi connectivity index (χ4n) is 5.57. The van der Waals surface area contributed by atoms with E-state index in [4.69, 9.17) is 0 Å². The number of amides is 2. The first-order valence-corrected chi connectivity index (χ1v) is 12.6. The molecular weight excluding hydrogens is 424 g/mol.